The van der Waals surface area contributed by atoms with E-state index in [0.29, 0.717) is 18.6 Å². The van der Waals surface area contributed by atoms with Gasteiger partial charge in [-0.05, 0) is 49.7 Å². The van der Waals surface area contributed by atoms with Crippen LogP contribution < -0.4 is 10.5 Å². The zero-order valence-corrected chi connectivity index (χ0v) is 20.7. The number of carbonyl (C=O) groups excluding carboxylic acids is 1. The summed E-state index contributed by atoms with van der Waals surface area (Å²) < 4.78 is 11.3. The number of fused-ring (bicyclic) bond motifs is 1. The van der Waals surface area contributed by atoms with Gasteiger partial charge in [0.15, 0.2) is 0 Å². The maximum Gasteiger partial charge on any atom is 0.279 e. The molecule has 0 saturated carbocycles. The number of morpholine rings is 1. The lowest BCUT2D eigenvalue weighted by Gasteiger charge is -2.29. The Balaban J connectivity index is 0.000000638. The molecule has 184 valence electrons. The van der Waals surface area contributed by atoms with E-state index in [9.17, 15) is 4.79 Å². The van der Waals surface area contributed by atoms with Crippen molar-refractivity contribution in [1.29, 1.82) is 0 Å². The highest BCUT2D eigenvalue weighted by molar-refractivity contribution is 5.93. The SMILES string of the molecule is C=O.COC.Cc1ccc(-c2nn(-c3cc(N4CCOCC4)ccc3C)c(=O)c3ccccc23)[nH]1. The number of ether oxygens (including phenoxy) is 2. The molecule has 0 atom stereocenters. The van der Waals surface area contributed by atoms with Crippen molar-refractivity contribution in [3.8, 4) is 17.1 Å². The molecule has 1 fully saturated rings. The molecule has 5 rings (SSSR count). The summed E-state index contributed by atoms with van der Waals surface area (Å²) in [6, 6.07) is 17.9. The van der Waals surface area contributed by atoms with Crippen molar-refractivity contribution >= 4 is 23.2 Å². The standard InChI is InChI=1S/C24H24N4O2.C2H6O.CH2O/c1-16-7-9-18(27-11-13-30-14-12-27)15-22(16)28-24(29)20-6-4-3-5-19(20)23(26-28)21-10-8-17(2)25-21;1-3-2;1-2/h3-10,15,25H,11-14H2,1-2H3;1-2H3;1H2. The minimum Gasteiger partial charge on any atom is -0.388 e. The van der Waals surface area contributed by atoms with Gasteiger partial charge in [0.2, 0.25) is 0 Å². The van der Waals surface area contributed by atoms with E-state index >= 15 is 0 Å². The summed E-state index contributed by atoms with van der Waals surface area (Å²) in [5, 5.41) is 6.34. The molecule has 1 aliphatic rings. The molecular weight excluding hydrogens is 444 g/mol. The molecule has 0 bridgehead atoms. The third-order valence-corrected chi connectivity index (χ3v) is 5.69. The van der Waals surface area contributed by atoms with Crippen LogP contribution in [-0.2, 0) is 14.3 Å². The number of hydrogen-bond acceptors (Lipinski definition) is 6. The normalized spacial score (nSPS) is 13.0. The molecule has 1 saturated heterocycles. The molecule has 0 radical (unpaired) electrons. The molecule has 35 heavy (non-hydrogen) atoms. The van der Waals surface area contributed by atoms with Gasteiger partial charge in [0.05, 0.1) is 30.0 Å². The van der Waals surface area contributed by atoms with Crippen LogP contribution in [-0.4, -0.2) is 62.1 Å². The Labute approximate surface area is 205 Å². The second-order valence-electron chi connectivity index (χ2n) is 8.14. The quantitative estimate of drug-likeness (QED) is 0.482. The van der Waals surface area contributed by atoms with Gasteiger partial charge in [-0.1, -0.05) is 24.3 Å². The molecule has 0 amide bonds. The molecule has 8 heteroatoms. The summed E-state index contributed by atoms with van der Waals surface area (Å²) in [5.41, 5.74) is 5.51. The van der Waals surface area contributed by atoms with Crippen LogP contribution >= 0.6 is 0 Å². The Morgan fingerprint density at radius 1 is 0.971 bits per heavy atom. The smallest absolute Gasteiger partial charge is 0.279 e. The summed E-state index contributed by atoms with van der Waals surface area (Å²) in [5.74, 6) is 0. The first-order chi connectivity index (χ1) is 17.0. The largest absolute Gasteiger partial charge is 0.388 e. The van der Waals surface area contributed by atoms with E-state index in [2.05, 4.69) is 32.8 Å². The van der Waals surface area contributed by atoms with Gasteiger partial charge in [-0.25, -0.2) is 0 Å². The maximum atomic E-state index is 13.4. The highest BCUT2D eigenvalue weighted by Gasteiger charge is 2.17. The summed E-state index contributed by atoms with van der Waals surface area (Å²) >= 11 is 0. The molecule has 3 heterocycles. The molecule has 2 aromatic heterocycles. The molecule has 0 spiro atoms. The number of H-pyrrole nitrogens is 1. The molecule has 1 aliphatic heterocycles. The second-order valence-corrected chi connectivity index (χ2v) is 8.14. The average molecular weight is 477 g/mol. The first-order valence-corrected chi connectivity index (χ1v) is 11.3. The zero-order chi connectivity index (χ0) is 25.4. The van der Waals surface area contributed by atoms with Crippen LogP contribution in [0.1, 0.15) is 11.3 Å². The van der Waals surface area contributed by atoms with Gasteiger partial charge in [-0.3, -0.25) is 4.79 Å². The topological polar surface area (TPSA) is 89.4 Å². The van der Waals surface area contributed by atoms with Crippen LogP contribution in [0.3, 0.4) is 0 Å². The van der Waals surface area contributed by atoms with E-state index < -0.39 is 0 Å². The average Bonchev–Trinajstić information content (AvgIpc) is 3.33. The number of benzene rings is 2. The van der Waals surface area contributed by atoms with Crippen molar-refractivity contribution in [3.63, 3.8) is 0 Å². The fourth-order valence-corrected chi connectivity index (χ4v) is 4.04. The van der Waals surface area contributed by atoms with Gasteiger partial charge in [-0.2, -0.15) is 9.78 Å². The lowest BCUT2D eigenvalue weighted by molar-refractivity contribution is -0.0979. The van der Waals surface area contributed by atoms with Crippen LogP contribution in [0.2, 0.25) is 0 Å². The number of hydrogen-bond donors (Lipinski definition) is 1. The fourth-order valence-electron chi connectivity index (χ4n) is 4.04. The third-order valence-electron chi connectivity index (χ3n) is 5.69. The predicted molar refractivity (Wildman–Crippen MR) is 140 cm³/mol. The second kappa shape index (κ2) is 12.1. The number of aromatic amines is 1. The van der Waals surface area contributed by atoms with Crippen LogP contribution in [0.4, 0.5) is 5.69 Å². The number of aromatic nitrogens is 3. The highest BCUT2D eigenvalue weighted by Crippen LogP contribution is 2.27. The fraction of sp³-hybridized carbons (Fsp3) is 0.296. The van der Waals surface area contributed by atoms with Crippen molar-refractivity contribution in [2.45, 2.75) is 13.8 Å². The summed E-state index contributed by atoms with van der Waals surface area (Å²) in [4.78, 5) is 27.1. The van der Waals surface area contributed by atoms with Crippen molar-refractivity contribution in [1.82, 2.24) is 14.8 Å². The number of nitrogens with zero attached hydrogens (tertiary/aromatic N) is 3. The molecule has 0 unspecified atom stereocenters. The zero-order valence-electron chi connectivity index (χ0n) is 20.7. The first kappa shape index (κ1) is 25.9. The predicted octanol–water partition coefficient (Wildman–Crippen LogP) is 3.91. The number of rotatable bonds is 3. The van der Waals surface area contributed by atoms with Gasteiger partial charge < -0.3 is 24.2 Å². The van der Waals surface area contributed by atoms with Crippen molar-refractivity contribution in [2.24, 2.45) is 0 Å². The van der Waals surface area contributed by atoms with Gasteiger partial charge >= 0.3 is 0 Å². The van der Waals surface area contributed by atoms with Crippen LogP contribution in [0.5, 0.6) is 0 Å². The van der Waals surface area contributed by atoms with Crippen LogP contribution in [0, 0.1) is 13.8 Å². The van der Waals surface area contributed by atoms with Gasteiger partial charge in [0.25, 0.3) is 5.56 Å². The minimum atomic E-state index is -0.111. The lowest BCUT2D eigenvalue weighted by Crippen LogP contribution is -2.36. The number of methoxy groups -OCH3 is 1. The first-order valence-electron chi connectivity index (χ1n) is 11.3. The van der Waals surface area contributed by atoms with Gasteiger partial charge in [-0.15, -0.1) is 0 Å². The molecule has 8 nitrogen and oxygen atoms in total. The van der Waals surface area contributed by atoms with E-state index in [-0.39, 0.29) is 5.56 Å². The monoisotopic (exact) mass is 476 g/mol. The molecule has 1 N–H and O–H groups in total. The van der Waals surface area contributed by atoms with E-state index in [1.165, 1.54) is 0 Å². The van der Waals surface area contributed by atoms with Crippen molar-refractivity contribution in [3.05, 3.63) is 76.2 Å². The minimum absolute atomic E-state index is 0.111. The molecule has 0 aliphatic carbocycles. The summed E-state index contributed by atoms with van der Waals surface area (Å²) in [7, 11) is 3.25. The Morgan fingerprint density at radius 2 is 1.63 bits per heavy atom. The van der Waals surface area contributed by atoms with Crippen molar-refractivity contribution in [2.75, 3.05) is 45.4 Å². The molecular formula is C27H32N4O4. The highest BCUT2D eigenvalue weighted by atomic mass is 16.5. The molecule has 4 aromatic rings. The third kappa shape index (κ3) is 5.67. The van der Waals surface area contributed by atoms with Crippen LogP contribution in [0.15, 0.2) is 59.4 Å². The van der Waals surface area contributed by atoms with Gasteiger partial charge in [0.1, 0.15) is 12.5 Å². The Kier molecular flexibility index (Phi) is 8.94. The van der Waals surface area contributed by atoms with E-state index in [1.54, 1.807) is 18.9 Å². The Bertz CT molecular complexity index is 1320. The number of nitrogens with one attached hydrogen (secondary N) is 1. The van der Waals surface area contributed by atoms with Crippen molar-refractivity contribution < 1.29 is 14.3 Å². The van der Waals surface area contributed by atoms with E-state index in [0.717, 1.165) is 52.5 Å². The van der Waals surface area contributed by atoms with E-state index in [4.69, 9.17) is 14.6 Å². The van der Waals surface area contributed by atoms with Crippen LogP contribution in [0.25, 0.3) is 27.8 Å². The van der Waals surface area contributed by atoms with Gasteiger partial charge in [0, 0.05) is 44.1 Å². The summed E-state index contributed by atoms with van der Waals surface area (Å²) in [6.45, 7) is 9.14. The Hall–Kier alpha value is -3.75. The lowest BCUT2D eigenvalue weighted by atomic mass is 10.1. The van der Waals surface area contributed by atoms with E-state index in [1.807, 2.05) is 57.0 Å². The maximum absolute atomic E-state index is 13.4. The number of aryl methyl sites for hydroxylation is 2. The molecule has 2 aromatic carbocycles. The number of anilines is 1. The summed E-state index contributed by atoms with van der Waals surface area (Å²) in [6.07, 6.45) is 0. The number of carbonyl (C=O) groups is 1. The Morgan fingerprint density at radius 3 is 2.26 bits per heavy atom.